The summed E-state index contributed by atoms with van der Waals surface area (Å²) in [4.78, 5) is 0. The molecule has 2 fully saturated rings. The van der Waals surface area contributed by atoms with Gasteiger partial charge in [0.1, 0.15) is 0 Å². The topological polar surface area (TPSA) is 94.5 Å². The number of guanidine groups is 1. The third kappa shape index (κ3) is 3.54. The zero-order chi connectivity index (χ0) is 18.8. The molecule has 0 radical (unpaired) electrons. The van der Waals surface area contributed by atoms with Crippen LogP contribution in [0, 0.1) is 16.7 Å². The molecule has 140 valence electrons. The maximum atomic E-state index is 11.5. The average Bonchev–Trinajstić information content (AvgIpc) is 2.86. The van der Waals surface area contributed by atoms with Crippen molar-refractivity contribution < 1.29 is 5.11 Å². The SMILES string of the molecule is CC(/C=N/NC(=N)N)=C\[C@H]1CC[C@]2(O)C[C@@H](c3ccccc3)CC[C@]12C. The van der Waals surface area contributed by atoms with E-state index in [4.69, 9.17) is 11.1 Å². The van der Waals surface area contributed by atoms with Crippen LogP contribution in [0.4, 0.5) is 0 Å². The Morgan fingerprint density at radius 2 is 2.04 bits per heavy atom. The molecule has 26 heavy (non-hydrogen) atoms. The first-order valence-electron chi connectivity index (χ1n) is 9.43. The Morgan fingerprint density at radius 3 is 2.73 bits per heavy atom. The van der Waals surface area contributed by atoms with Crippen LogP contribution in [0.2, 0.25) is 0 Å². The molecule has 3 rings (SSSR count). The number of nitrogens with two attached hydrogens (primary N) is 1. The molecule has 0 bridgehead atoms. The highest BCUT2D eigenvalue weighted by atomic mass is 16.3. The molecule has 0 aromatic heterocycles. The largest absolute Gasteiger partial charge is 0.389 e. The summed E-state index contributed by atoms with van der Waals surface area (Å²) in [6.07, 6.45) is 8.76. The standard InChI is InChI=1S/C21H30N4O/c1-15(14-24-25-19(22)23)12-18-9-11-21(26)13-17(8-10-20(18,21)2)16-6-4-3-5-7-16/h3-7,12,14,17-18,26H,8-11,13H2,1-2H3,(H4,22,23,25)/b15-12+,24-14+/t17-,18+,20+,21-/m0/s1. The van der Waals surface area contributed by atoms with Crippen LogP contribution in [0.25, 0.3) is 0 Å². The monoisotopic (exact) mass is 354 g/mol. The van der Waals surface area contributed by atoms with E-state index in [2.05, 4.69) is 47.8 Å². The number of nitrogens with zero attached hydrogens (tertiary/aromatic N) is 1. The molecular weight excluding hydrogens is 324 g/mol. The van der Waals surface area contributed by atoms with Gasteiger partial charge in [0.05, 0.1) is 5.60 Å². The van der Waals surface area contributed by atoms with Gasteiger partial charge < -0.3 is 10.8 Å². The van der Waals surface area contributed by atoms with E-state index in [1.807, 2.05) is 13.0 Å². The van der Waals surface area contributed by atoms with Crippen molar-refractivity contribution in [2.75, 3.05) is 0 Å². The van der Waals surface area contributed by atoms with Crippen LogP contribution in [-0.2, 0) is 0 Å². The van der Waals surface area contributed by atoms with Crippen molar-refractivity contribution in [3.8, 4) is 0 Å². The van der Waals surface area contributed by atoms with E-state index in [1.54, 1.807) is 6.21 Å². The molecule has 1 aromatic carbocycles. The molecule has 2 aliphatic rings. The molecule has 1 aromatic rings. The average molecular weight is 354 g/mol. The number of benzene rings is 1. The number of allylic oxidation sites excluding steroid dienone is 2. The molecule has 0 aliphatic heterocycles. The summed E-state index contributed by atoms with van der Waals surface area (Å²) in [5.41, 5.74) is 9.34. The van der Waals surface area contributed by atoms with Crippen molar-refractivity contribution in [2.45, 2.75) is 57.5 Å². The lowest BCUT2D eigenvalue weighted by molar-refractivity contribution is -0.0985. The predicted octanol–water partition coefficient (Wildman–Crippen LogP) is 3.52. The van der Waals surface area contributed by atoms with Crippen molar-refractivity contribution in [3.05, 3.63) is 47.5 Å². The summed E-state index contributed by atoms with van der Waals surface area (Å²) in [7, 11) is 0. The van der Waals surface area contributed by atoms with Crippen molar-refractivity contribution in [3.63, 3.8) is 0 Å². The van der Waals surface area contributed by atoms with Gasteiger partial charge in [-0.2, -0.15) is 5.10 Å². The van der Waals surface area contributed by atoms with Gasteiger partial charge in [-0.15, -0.1) is 0 Å². The number of hydrogen-bond acceptors (Lipinski definition) is 3. The normalized spacial score (nSPS) is 34.7. The van der Waals surface area contributed by atoms with E-state index >= 15 is 0 Å². The second-order valence-corrected chi connectivity index (χ2v) is 8.14. The third-order valence-electron chi connectivity index (χ3n) is 6.53. The van der Waals surface area contributed by atoms with E-state index in [1.165, 1.54) is 5.56 Å². The molecule has 5 N–H and O–H groups in total. The first-order valence-corrected chi connectivity index (χ1v) is 9.43. The molecule has 5 nitrogen and oxygen atoms in total. The Morgan fingerprint density at radius 1 is 1.31 bits per heavy atom. The Bertz CT molecular complexity index is 714. The molecule has 2 saturated carbocycles. The summed E-state index contributed by atoms with van der Waals surface area (Å²) in [6, 6.07) is 10.6. The number of nitrogens with one attached hydrogen (secondary N) is 2. The van der Waals surface area contributed by atoms with Crippen molar-refractivity contribution in [1.29, 1.82) is 5.41 Å². The zero-order valence-corrected chi connectivity index (χ0v) is 15.7. The van der Waals surface area contributed by atoms with Gasteiger partial charge in [-0.1, -0.05) is 43.3 Å². The van der Waals surface area contributed by atoms with Crippen LogP contribution in [-0.4, -0.2) is 22.9 Å². The summed E-state index contributed by atoms with van der Waals surface area (Å²) in [5.74, 6) is 0.614. The van der Waals surface area contributed by atoms with Gasteiger partial charge in [0.2, 0.25) is 5.96 Å². The van der Waals surface area contributed by atoms with Crippen LogP contribution < -0.4 is 11.2 Å². The molecule has 0 unspecified atom stereocenters. The lowest BCUT2D eigenvalue weighted by atomic mass is 9.59. The molecular formula is C21H30N4O. The van der Waals surface area contributed by atoms with E-state index in [9.17, 15) is 5.11 Å². The minimum absolute atomic E-state index is 0.0958. The Kier molecular flexibility index (Phi) is 5.19. The van der Waals surface area contributed by atoms with Gasteiger partial charge in [-0.3, -0.25) is 5.41 Å². The maximum absolute atomic E-state index is 11.5. The first-order chi connectivity index (χ1) is 12.3. The Hall–Kier alpha value is -2.14. The van der Waals surface area contributed by atoms with E-state index in [0.717, 1.165) is 37.7 Å². The van der Waals surface area contributed by atoms with Crippen molar-refractivity contribution >= 4 is 12.2 Å². The van der Waals surface area contributed by atoms with E-state index in [-0.39, 0.29) is 11.4 Å². The number of hydrazone groups is 1. The summed E-state index contributed by atoms with van der Waals surface area (Å²) < 4.78 is 0. The second-order valence-electron chi connectivity index (χ2n) is 8.14. The number of rotatable bonds is 4. The smallest absolute Gasteiger partial charge is 0.206 e. The third-order valence-corrected chi connectivity index (χ3v) is 6.53. The highest BCUT2D eigenvalue weighted by molar-refractivity contribution is 5.80. The zero-order valence-electron chi connectivity index (χ0n) is 15.7. The fourth-order valence-electron chi connectivity index (χ4n) is 4.92. The molecule has 2 aliphatic carbocycles. The van der Waals surface area contributed by atoms with Crippen LogP contribution in [0.15, 0.2) is 47.1 Å². The van der Waals surface area contributed by atoms with Gasteiger partial charge in [-0.25, -0.2) is 5.43 Å². The Balaban J connectivity index is 1.74. The minimum atomic E-state index is -0.609. The second kappa shape index (κ2) is 7.23. The number of aliphatic hydroxyl groups is 1. The molecule has 0 saturated heterocycles. The van der Waals surface area contributed by atoms with Crippen LogP contribution in [0.5, 0.6) is 0 Å². The van der Waals surface area contributed by atoms with Gasteiger partial charge in [0.25, 0.3) is 0 Å². The summed E-state index contributed by atoms with van der Waals surface area (Å²) in [6.45, 7) is 4.25. The first kappa shape index (κ1) is 18.6. The molecule has 5 heteroatoms. The lowest BCUT2D eigenvalue weighted by Gasteiger charge is -2.49. The van der Waals surface area contributed by atoms with E-state index < -0.39 is 5.60 Å². The lowest BCUT2D eigenvalue weighted by Crippen LogP contribution is -2.49. The fraction of sp³-hybridized carbons (Fsp3) is 0.524. The molecule has 0 amide bonds. The molecule has 0 heterocycles. The highest BCUT2D eigenvalue weighted by Crippen LogP contribution is 2.61. The van der Waals surface area contributed by atoms with Crippen LogP contribution in [0.3, 0.4) is 0 Å². The number of fused-ring (bicyclic) bond motifs is 1. The summed E-state index contributed by atoms with van der Waals surface area (Å²) in [5, 5.41) is 22.6. The van der Waals surface area contributed by atoms with Crippen LogP contribution in [0.1, 0.15) is 57.4 Å². The van der Waals surface area contributed by atoms with Gasteiger partial charge in [0, 0.05) is 11.6 Å². The van der Waals surface area contributed by atoms with Gasteiger partial charge >= 0.3 is 0 Å². The molecule has 4 atom stereocenters. The fourth-order valence-corrected chi connectivity index (χ4v) is 4.92. The van der Waals surface area contributed by atoms with Crippen molar-refractivity contribution in [1.82, 2.24) is 5.43 Å². The minimum Gasteiger partial charge on any atom is -0.389 e. The highest BCUT2D eigenvalue weighted by Gasteiger charge is 2.58. The van der Waals surface area contributed by atoms with Gasteiger partial charge in [-0.05, 0) is 62.0 Å². The quantitative estimate of drug-likeness (QED) is 0.378. The van der Waals surface area contributed by atoms with Crippen LogP contribution >= 0.6 is 0 Å². The predicted molar refractivity (Wildman–Crippen MR) is 106 cm³/mol. The van der Waals surface area contributed by atoms with Crippen molar-refractivity contribution in [2.24, 2.45) is 22.2 Å². The Labute approximate surface area is 155 Å². The summed E-state index contributed by atoms with van der Waals surface area (Å²) >= 11 is 0. The van der Waals surface area contributed by atoms with Gasteiger partial charge in [0.15, 0.2) is 0 Å². The van der Waals surface area contributed by atoms with E-state index in [0.29, 0.717) is 11.8 Å². The number of hydrogen-bond donors (Lipinski definition) is 4. The molecule has 0 spiro atoms. The maximum Gasteiger partial charge on any atom is 0.206 e.